The monoisotopic (exact) mass is 306 g/mol. The zero-order valence-corrected chi connectivity index (χ0v) is 13.2. The van der Waals surface area contributed by atoms with E-state index in [1.165, 1.54) is 0 Å². The molecule has 0 unspecified atom stereocenters. The first kappa shape index (κ1) is 16.3. The van der Waals surface area contributed by atoms with Gasteiger partial charge in [-0.1, -0.05) is 12.1 Å². The Morgan fingerprint density at radius 3 is 2.91 bits per heavy atom. The van der Waals surface area contributed by atoms with Crippen molar-refractivity contribution in [1.29, 1.82) is 0 Å². The first-order chi connectivity index (χ1) is 10.5. The molecule has 2 amide bonds. The van der Waals surface area contributed by atoms with Crippen LogP contribution in [0.15, 0.2) is 24.3 Å². The number of anilines is 1. The molecule has 120 valence electrons. The highest BCUT2D eigenvalue weighted by Gasteiger charge is 2.31. The van der Waals surface area contributed by atoms with Crippen LogP contribution in [0.25, 0.3) is 0 Å². The van der Waals surface area contributed by atoms with Crippen LogP contribution in [-0.4, -0.2) is 44.2 Å². The zero-order chi connectivity index (χ0) is 16.1. The molecule has 2 rings (SSSR count). The number of fused-ring (bicyclic) bond motifs is 1. The predicted octanol–water partition coefficient (Wildman–Crippen LogP) is 1.34. The second-order valence-corrected chi connectivity index (χ2v) is 5.39. The molecule has 2 atom stereocenters. The van der Waals surface area contributed by atoms with Crippen molar-refractivity contribution in [3.63, 3.8) is 0 Å². The summed E-state index contributed by atoms with van der Waals surface area (Å²) in [5.41, 5.74) is 0.711. The van der Waals surface area contributed by atoms with Crippen LogP contribution in [0.4, 0.5) is 5.69 Å². The van der Waals surface area contributed by atoms with Crippen molar-refractivity contribution in [2.24, 2.45) is 0 Å². The minimum absolute atomic E-state index is 0.0518. The fraction of sp³-hybridized carbons (Fsp3) is 0.500. The summed E-state index contributed by atoms with van der Waals surface area (Å²) in [5, 5.41) is 2.84. The number of carbonyl (C=O) groups is 2. The molecule has 6 nitrogen and oxygen atoms in total. The van der Waals surface area contributed by atoms with Crippen LogP contribution in [0.1, 0.15) is 20.3 Å². The van der Waals surface area contributed by atoms with Crippen LogP contribution in [0.2, 0.25) is 0 Å². The maximum Gasteiger partial charge on any atom is 0.267 e. The van der Waals surface area contributed by atoms with Gasteiger partial charge < -0.3 is 19.7 Å². The Balaban J connectivity index is 1.99. The zero-order valence-electron chi connectivity index (χ0n) is 13.2. The van der Waals surface area contributed by atoms with Crippen molar-refractivity contribution in [1.82, 2.24) is 5.32 Å². The number of carbonyl (C=O) groups excluding carboxylic acids is 2. The number of ether oxygens (including phenoxy) is 2. The summed E-state index contributed by atoms with van der Waals surface area (Å²) < 4.78 is 10.6. The Morgan fingerprint density at radius 2 is 2.18 bits per heavy atom. The van der Waals surface area contributed by atoms with E-state index in [1.807, 2.05) is 31.2 Å². The molecule has 1 heterocycles. The Labute approximate surface area is 130 Å². The van der Waals surface area contributed by atoms with E-state index < -0.39 is 6.10 Å². The van der Waals surface area contributed by atoms with Gasteiger partial charge in [0.05, 0.1) is 12.3 Å². The summed E-state index contributed by atoms with van der Waals surface area (Å²) in [6, 6.07) is 7.30. The molecule has 0 saturated heterocycles. The lowest BCUT2D eigenvalue weighted by Gasteiger charge is -2.32. The molecule has 0 aliphatic carbocycles. The molecule has 1 aromatic carbocycles. The lowest BCUT2D eigenvalue weighted by Crippen LogP contribution is -2.46. The third kappa shape index (κ3) is 3.76. The van der Waals surface area contributed by atoms with Crippen molar-refractivity contribution in [3.8, 4) is 5.75 Å². The highest BCUT2D eigenvalue weighted by Crippen LogP contribution is 2.33. The largest absolute Gasteiger partial charge is 0.479 e. The van der Waals surface area contributed by atoms with E-state index in [0.717, 1.165) is 0 Å². The highest BCUT2D eigenvalue weighted by molar-refractivity contribution is 6.00. The maximum absolute atomic E-state index is 12.3. The van der Waals surface area contributed by atoms with E-state index in [4.69, 9.17) is 9.47 Å². The molecule has 1 N–H and O–H groups in total. The third-order valence-corrected chi connectivity index (χ3v) is 3.46. The molecular weight excluding hydrogens is 284 g/mol. The van der Waals surface area contributed by atoms with Crippen molar-refractivity contribution in [2.75, 3.05) is 25.2 Å². The van der Waals surface area contributed by atoms with Gasteiger partial charge in [0.2, 0.25) is 5.91 Å². The minimum atomic E-state index is -0.537. The number of hydrogen-bond acceptors (Lipinski definition) is 4. The number of rotatable bonds is 6. The lowest BCUT2D eigenvalue weighted by atomic mass is 10.1. The van der Waals surface area contributed by atoms with Crippen LogP contribution >= 0.6 is 0 Å². The van der Waals surface area contributed by atoms with E-state index in [2.05, 4.69) is 5.32 Å². The van der Waals surface area contributed by atoms with E-state index in [-0.39, 0.29) is 24.3 Å². The summed E-state index contributed by atoms with van der Waals surface area (Å²) >= 11 is 0. The quantitative estimate of drug-likeness (QED) is 0.861. The average molecular weight is 306 g/mol. The molecule has 0 bridgehead atoms. The number of para-hydroxylation sites is 2. The molecule has 0 aromatic heterocycles. The second-order valence-electron chi connectivity index (χ2n) is 5.39. The summed E-state index contributed by atoms with van der Waals surface area (Å²) in [6.07, 6.45) is -0.300. The molecule has 0 spiro atoms. The Bertz CT molecular complexity index is 547. The number of hydrogen-bond donors (Lipinski definition) is 1. The molecule has 6 heteroatoms. The first-order valence-corrected chi connectivity index (χ1v) is 7.38. The van der Waals surface area contributed by atoms with Gasteiger partial charge in [0, 0.05) is 26.1 Å². The van der Waals surface area contributed by atoms with E-state index in [0.29, 0.717) is 24.6 Å². The smallest absolute Gasteiger partial charge is 0.267 e. The number of nitrogens with zero attached hydrogens (tertiary/aromatic N) is 1. The Hall–Kier alpha value is -2.08. The topological polar surface area (TPSA) is 67.9 Å². The minimum Gasteiger partial charge on any atom is -0.479 e. The van der Waals surface area contributed by atoms with Gasteiger partial charge in [0.1, 0.15) is 5.75 Å². The maximum atomic E-state index is 12.3. The summed E-state index contributed by atoms with van der Waals surface area (Å²) in [5.74, 6) is 0.438. The first-order valence-electron chi connectivity index (χ1n) is 7.38. The molecule has 1 aliphatic rings. The standard InChI is InChI=1S/C16H22N2O4/c1-11(10-21-3)17-15(19)8-9-18-13-6-4-5-7-14(13)22-12(2)16(18)20/h4-7,11-12H,8-10H2,1-3H3,(H,17,19)/t11-,12+/m1/s1. The summed E-state index contributed by atoms with van der Waals surface area (Å²) in [6.45, 7) is 4.38. The molecule has 0 saturated carbocycles. The molecule has 0 fully saturated rings. The van der Waals surface area contributed by atoms with Gasteiger partial charge in [-0.2, -0.15) is 0 Å². The SMILES string of the molecule is COC[C@@H](C)NC(=O)CCN1C(=O)[C@H](C)Oc2ccccc21. The van der Waals surface area contributed by atoms with Gasteiger partial charge >= 0.3 is 0 Å². The van der Waals surface area contributed by atoms with Gasteiger partial charge in [-0.25, -0.2) is 0 Å². The van der Waals surface area contributed by atoms with Crippen molar-refractivity contribution < 1.29 is 19.1 Å². The highest BCUT2D eigenvalue weighted by atomic mass is 16.5. The van der Waals surface area contributed by atoms with Crippen molar-refractivity contribution in [2.45, 2.75) is 32.4 Å². The fourth-order valence-corrected chi connectivity index (χ4v) is 2.44. The second kappa shape index (κ2) is 7.26. The molecular formula is C16H22N2O4. The van der Waals surface area contributed by atoms with E-state index in [9.17, 15) is 9.59 Å². The number of benzene rings is 1. The van der Waals surface area contributed by atoms with Gasteiger partial charge in [0.25, 0.3) is 5.91 Å². The predicted molar refractivity (Wildman–Crippen MR) is 83.0 cm³/mol. The molecule has 1 aromatic rings. The number of nitrogens with one attached hydrogen (secondary N) is 1. The van der Waals surface area contributed by atoms with Crippen molar-refractivity contribution >= 4 is 17.5 Å². The van der Waals surface area contributed by atoms with Crippen LogP contribution in [0.3, 0.4) is 0 Å². The molecule has 0 radical (unpaired) electrons. The number of amides is 2. The Morgan fingerprint density at radius 1 is 1.45 bits per heavy atom. The van der Waals surface area contributed by atoms with Crippen LogP contribution in [0.5, 0.6) is 5.75 Å². The lowest BCUT2D eigenvalue weighted by molar-refractivity contribution is -0.125. The average Bonchev–Trinajstić information content (AvgIpc) is 2.48. The molecule has 22 heavy (non-hydrogen) atoms. The number of methoxy groups -OCH3 is 1. The van der Waals surface area contributed by atoms with Gasteiger partial charge in [-0.15, -0.1) is 0 Å². The Kier molecular flexibility index (Phi) is 5.38. The van der Waals surface area contributed by atoms with Gasteiger partial charge in [-0.3, -0.25) is 9.59 Å². The van der Waals surface area contributed by atoms with Crippen LogP contribution in [0, 0.1) is 0 Å². The van der Waals surface area contributed by atoms with E-state index >= 15 is 0 Å². The summed E-state index contributed by atoms with van der Waals surface area (Å²) in [7, 11) is 1.59. The summed E-state index contributed by atoms with van der Waals surface area (Å²) in [4.78, 5) is 25.8. The fourth-order valence-electron chi connectivity index (χ4n) is 2.44. The normalized spacial score (nSPS) is 18.4. The van der Waals surface area contributed by atoms with Gasteiger partial charge in [0.15, 0.2) is 6.10 Å². The van der Waals surface area contributed by atoms with E-state index in [1.54, 1.807) is 18.9 Å². The molecule has 1 aliphatic heterocycles. The van der Waals surface area contributed by atoms with Crippen molar-refractivity contribution in [3.05, 3.63) is 24.3 Å². The third-order valence-electron chi connectivity index (χ3n) is 3.46. The van der Waals surface area contributed by atoms with Crippen LogP contribution in [-0.2, 0) is 14.3 Å². The van der Waals surface area contributed by atoms with Gasteiger partial charge in [-0.05, 0) is 26.0 Å². The van der Waals surface area contributed by atoms with Crippen LogP contribution < -0.4 is 15.0 Å².